The lowest BCUT2D eigenvalue weighted by Gasteiger charge is -2.59. The quantitative estimate of drug-likeness (QED) is 0.152. The van der Waals surface area contributed by atoms with Gasteiger partial charge in [0, 0.05) is 59.8 Å². The Kier molecular flexibility index (Phi) is 8.38. The zero-order valence-electron chi connectivity index (χ0n) is 29.8. The third kappa shape index (κ3) is 6.06. The van der Waals surface area contributed by atoms with Gasteiger partial charge in [-0.15, -0.1) is 0 Å². The topological polar surface area (TPSA) is 106 Å². The van der Waals surface area contributed by atoms with Crippen LogP contribution in [0.4, 0.5) is 17.1 Å². The van der Waals surface area contributed by atoms with Crippen molar-refractivity contribution in [2.75, 3.05) is 17.2 Å². The summed E-state index contributed by atoms with van der Waals surface area (Å²) >= 11 is 10.8. The SMILES string of the molecule is Nc1cc(Oc2c(C34CC5CC(CC(C5)C3)C4)cc(C34CC5CC(CC(C5)C3)C4)c(Oc3ccc(Br)c(N)c3)c2Oc2ccc(Br)c(N)c2)ccc1Br. The van der Waals surface area contributed by atoms with Crippen molar-refractivity contribution in [1.82, 2.24) is 0 Å². The van der Waals surface area contributed by atoms with Gasteiger partial charge in [-0.25, -0.2) is 0 Å². The average Bonchev–Trinajstić information content (AvgIpc) is 3.09. The van der Waals surface area contributed by atoms with Crippen molar-refractivity contribution in [3.8, 4) is 34.5 Å². The highest BCUT2D eigenvalue weighted by Gasteiger charge is 2.56. The van der Waals surface area contributed by atoms with Gasteiger partial charge in [0.1, 0.15) is 17.2 Å². The van der Waals surface area contributed by atoms with Gasteiger partial charge in [0.25, 0.3) is 0 Å². The molecule has 8 bridgehead atoms. The normalized spacial score (nSPS) is 31.9. The minimum absolute atomic E-state index is 0.000536. The van der Waals surface area contributed by atoms with Gasteiger partial charge in [-0.2, -0.15) is 0 Å². The highest BCUT2D eigenvalue weighted by atomic mass is 79.9. The molecule has 4 aromatic rings. The van der Waals surface area contributed by atoms with E-state index in [0.29, 0.717) is 40.1 Å². The molecule has 4 aromatic carbocycles. The number of halogens is 3. The van der Waals surface area contributed by atoms with E-state index in [9.17, 15) is 0 Å². The molecule has 0 radical (unpaired) electrons. The first-order valence-electron chi connectivity index (χ1n) is 19.4. The van der Waals surface area contributed by atoms with Crippen LogP contribution < -0.4 is 31.4 Å². The van der Waals surface area contributed by atoms with Gasteiger partial charge in [0.05, 0.1) is 0 Å². The van der Waals surface area contributed by atoms with Crippen molar-refractivity contribution >= 4 is 64.9 Å². The fourth-order valence-electron chi connectivity index (χ4n) is 12.7. The van der Waals surface area contributed by atoms with Crippen LogP contribution in [0.25, 0.3) is 0 Å². The summed E-state index contributed by atoms with van der Waals surface area (Å²) in [5.41, 5.74) is 23.9. The van der Waals surface area contributed by atoms with Crippen molar-refractivity contribution in [2.45, 2.75) is 87.9 Å². The van der Waals surface area contributed by atoms with E-state index in [-0.39, 0.29) is 10.8 Å². The van der Waals surface area contributed by atoms with Crippen molar-refractivity contribution in [3.63, 3.8) is 0 Å². The molecule has 8 saturated carbocycles. The molecule has 8 fully saturated rings. The molecule has 8 aliphatic carbocycles. The summed E-state index contributed by atoms with van der Waals surface area (Å²) in [5, 5.41) is 0. The summed E-state index contributed by atoms with van der Waals surface area (Å²) in [5.74, 6) is 8.50. The smallest absolute Gasteiger partial charge is 0.212 e. The van der Waals surface area contributed by atoms with E-state index in [0.717, 1.165) is 60.4 Å². The van der Waals surface area contributed by atoms with E-state index < -0.39 is 0 Å². The van der Waals surface area contributed by atoms with Crippen LogP contribution in [-0.2, 0) is 10.8 Å². The lowest BCUT2D eigenvalue weighted by Crippen LogP contribution is -2.50. The molecule has 6 nitrogen and oxygen atoms in total. The molecule has 0 unspecified atom stereocenters. The predicted molar refractivity (Wildman–Crippen MR) is 222 cm³/mol. The van der Waals surface area contributed by atoms with Gasteiger partial charge in [0.15, 0.2) is 11.5 Å². The molecule has 0 saturated heterocycles. The summed E-state index contributed by atoms with van der Waals surface area (Å²) in [7, 11) is 0. The predicted octanol–water partition coefficient (Wildman–Crippen LogP) is 13.0. The second-order valence-electron chi connectivity index (χ2n) is 17.7. The van der Waals surface area contributed by atoms with Gasteiger partial charge >= 0.3 is 0 Å². The molecule has 6 N–H and O–H groups in total. The zero-order valence-corrected chi connectivity index (χ0v) is 34.6. The molecule has 0 aromatic heterocycles. The van der Waals surface area contributed by atoms with Gasteiger partial charge in [-0.1, -0.05) is 0 Å². The molecule has 9 heteroatoms. The fourth-order valence-corrected chi connectivity index (χ4v) is 13.4. The van der Waals surface area contributed by atoms with Gasteiger partial charge in [0.2, 0.25) is 5.75 Å². The maximum atomic E-state index is 7.21. The molecule has 0 aliphatic heterocycles. The number of rotatable bonds is 8. The second kappa shape index (κ2) is 12.8. The Bertz CT molecular complexity index is 1940. The number of ether oxygens (including phenoxy) is 3. The Hall–Kier alpha value is -2.88. The second-order valence-corrected chi connectivity index (χ2v) is 20.3. The average molecular weight is 905 g/mol. The minimum Gasteiger partial charge on any atom is -0.453 e. The van der Waals surface area contributed by atoms with Crippen LogP contribution in [0, 0.1) is 35.5 Å². The van der Waals surface area contributed by atoms with Crippen LogP contribution in [0.5, 0.6) is 34.5 Å². The summed E-state index contributed by atoms with van der Waals surface area (Å²) in [6.45, 7) is 0. The van der Waals surface area contributed by atoms with Crippen LogP contribution in [0.15, 0.2) is 74.1 Å². The van der Waals surface area contributed by atoms with Crippen molar-refractivity contribution < 1.29 is 14.2 Å². The zero-order chi connectivity index (χ0) is 36.2. The maximum Gasteiger partial charge on any atom is 0.212 e. The molecule has 53 heavy (non-hydrogen) atoms. The van der Waals surface area contributed by atoms with Crippen LogP contribution in [0.2, 0.25) is 0 Å². The van der Waals surface area contributed by atoms with E-state index >= 15 is 0 Å². The van der Waals surface area contributed by atoms with Crippen molar-refractivity contribution in [3.05, 3.63) is 85.2 Å². The van der Waals surface area contributed by atoms with Gasteiger partial charge in [-0.05, 0) is 214 Å². The number of hydrogen-bond donors (Lipinski definition) is 3. The third-order valence-electron chi connectivity index (χ3n) is 14.0. The first kappa shape index (κ1) is 34.6. The van der Waals surface area contributed by atoms with E-state index in [2.05, 4.69) is 53.9 Å². The van der Waals surface area contributed by atoms with E-state index in [1.807, 2.05) is 54.6 Å². The molecule has 12 rings (SSSR count). The third-order valence-corrected chi connectivity index (χ3v) is 16.1. The van der Waals surface area contributed by atoms with Crippen LogP contribution in [0.1, 0.15) is 88.2 Å². The Morgan fingerprint density at radius 3 is 0.981 bits per heavy atom. The molecule has 0 heterocycles. The molecule has 0 spiro atoms. The van der Waals surface area contributed by atoms with E-state index in [1.165, 1.54) is 88.2 Å². The number of benzene rings is 4. The Morgan fingerprint density at radius 1 is 0.415 bits per heavy atom. The van der Waals surface area contributed by atoms with Crippen molar-refractivity contribution in [2.24, 2.45) is 35.5 Å². The number of nitrogen functional groups attached to an aromatic ring is 3. The minimum atomic E-state index is -0.000536. The summed E-state index contributed by atoms with van der Waals surface area (Å²) in [6, 6.07) is 20.0. The monoisotopic (exact) mass is 901 g/mol. The molecular weight excluding hydrogens is 858 g/mol. The Morgan fingerprint density at radius 2 is 0.698 bits per heavy atom. The molecule has 276 valence electrons. The fraction of sp³-hybridized carbons (Fsp3) is 0.455. The van der Waals surface area contributed by atoms with Crippen LogP contribution >= 0.6 is 47.8 Å². The standard InChI is InChI=1S/C44H46Br3N3O3/c45-34-4-1-29(13-37(34)48)51-40-32(43-17-23-7-24(18-43)9-25(8-23)19-43)16-33(44-20-26-10-27(21-44)12-28(11-26)22-44)41(52-30-2-5-35(46)38(49)14-30)42(40)53-31-3-6-36(47)39(50)15-31/h1-6,13-16,23-28H,7-12,17-22,48-50H2. The maximum absolute atomic E-state index is 7.21. The summed E-state index contributed by atoms with van der Waals surface area (Å²) in [6.07, 6.45) is 15.3. The van der Waals surface area contributed by atoms with E-state index in [1.54, 1.807) is 0 Å². The highest BCUT2D eigenvalue weighted by molar-refractivity contribution is 9.11. The Labute approximate surface area is 337 Å². The number of anilines is 3. The molecular formula is C44H46Br3N3O3. The van der Waals surface area contributed by atoms with E-state index in [4.69, 9.17) is 31.4 Å². The lowest BCUT2D eigenvalue weighted by molar-refractivity contribution is -0.00959. The summed E-state index contributed by atoms with van der Waals surface area (Å²) in [4.78, 5) is 0. The van der Waals surface area contributed by atoms with Crippen LogP contribution in [-0.4, -0.2) is 0 Å². The van der Waals surface area contributed by atoms with Gasteiger partial charge in [-0.3, -0.25) is 0 Å². The lowest BCUT2D eigenvalue weighted by atomic mass is 9.46. The van der Waals surface area contributed by atoms with Gasteiger partial charge < -0.3 is 31.4 Å². The summed E-state index contributed by atoms with van der Waals surface area (Å²) < 4.78 is 24.1. The first-order valence-corrected chi connectivity index (χ1v) is 21.8. The first-order chi connectivity index (χ1) is 25.5. The largest absolute Gasteiger partial charge is 0.453 e. The number of nitrogens with two attached hydrogens (primary N) is 3. The Balaban J connectivity index is 1.26. The number of hydrogen-bond acceptors (Lipinski definition) is 6. The van der Waals surface area contributed by atoms with Crippen molar-refractivity contribution in [1.29, 1.82) is 0 Å². The highest BCUT2D eigenvalue weighted by Crippen LogP contribution is 2.68. The molecule has 8 aliphatic rings. The van der Waals surface area contributed by atoms with Crippen LogP contribution in [0.3, 0.4) is 0 Å². The molecule has 0 amide bonds. The molecule has 0 atom stereocenters.